The van der Waals surface area contributed by atoms with Crippen LogP contribution < -0.4 is 0 Å². The maximum Gasteiger partial charge on any atom is 0.303 e. The van der Waals surface area contributed by atoms with Crippen molar-refractivity contribution in [2.45, 2.75) is 104 Å². The zero-order chi connectivity index (χ0) is 17.8. The molecule has 0 aliphatic carbocycles. The fourth-order valence-corrected chi connectivity index (χ4v) is 2.44. The first-order valence-corrected chi connectivity index (χ1v) is 9.91. The number of hydrogen-bond acceptors (Lipinski definition) is 2. The van der Waals surface area contributed by atoms with Crippen LogP contribution >= 0.6 is 0 Å². The number of aliphatic carboxylic acids is 1. The molecule has 0 atom stereocenters. The van der Waals surface area contributed by atoms with Gasteiger partial charge in [-0.05, 0) is 33.5 Å². The lowest BCUT2D eigenvalue weighted by atomic mass is 10.1. The molecule has 0 spiro atoms. The minimum absolute atomic E-state index is 0.337. The molecule has 0 rings (SSSR count). The van der Waals surface area contributed by atoms with Crippen molar-refractivity contribution in [3.05, 3.63) is 0 Å². The molecule has 0 saturated heterocycles. The summed E-state index contributed by atoms with van der Waals surface area (Å²) in [5, 5.41) is 8.27. The highest BCUT2D eigenvalue weighted by atomic mass is 16.4. The summed E-state index contributed by atoms with van der Waals surface area (Å²) in [5.41, 5.74) is 0. The first-order valence-electron chi connectivity index (χ1n) is 9.91. The van der Waals surface area contributed by atoms with Gasteiger partial charge in [0.1, 0.15) is 0 Å². The summed E-state index contributed by atoms with van der Waals surface area (Å²) in [6.45, 7) is 5.68. The quantitative estimate of drug-likeness (QED) is 0.368. The molecule has 0 fully saturated rings. The number of carboxylic acids is 1. The third-order valence-electron chi connectivity index (χ3n) is 3.95. The van der Waals surface area contributed by atoms with Crippen LogP contribution in [0.3, 0.4) is 0 Å². The largest absolute Gasteiger partial charge is 0.481 e. The molecule has 3 nitrogen and oxygen atoms in total. The lowest BCUT2D eigenvalue weighted by Crippen LogP contribution is -2.12. The molecule has 3 heteroatoms. The second kappa shape index (κ2) is 21.4. The van der Waals surface area contributed by atoms with E-state index in [0.29, 0.717) is 6.42 Å². The lowest BCUT2D eigenvalue weighted by molar-refractivity contribution is -0.137. The molecule has 0 aliphatic heterocycles. The lowest BCUT2D eigenvalue weighted by Gasteiger charge is -2.08. The SMILES string of the molecule is CCCCCCCC(=O)O.CCCCCCCCCCN(C)C. The van der Waals surface area contributed by atoms with E-state index in [4.69, 9.17) is 5.11 Å². The van der Waals surface area contributed by atoms with Gasteiger partial charge in [0.25, 0.3) is 0 Å². The predicted octanol–water partition coefficient (Wildman–Crippen LogP) is 6.12. The summed E-state index contributed by atoms with van der Waals surface area (Å²) in [7, 11) is 4.31. The average molecular weight is 330 g/mol. The van der Waals surface area contributed by atoms with E-state index >= 15 is 0 Å². The number of nitrogens with zero attached hydrogens (tertiary/aromatic N) is 1. The average Bonchev–Trinajstić information content (AvgIpc) is 2.50. The molecule has 140 valence electrons. The Hall–Kier alpha value is -0.570. The Balaban J connectivity index is 0. The van der Waals surface area contributed by atoms with Gasteiger partial charge in [-0.2, -0.15) is 0 Å². The molecule has 0 amide bonds. The number of rotatable bonds is 15. The summed E-state index contributed by atoms with van der Waals surface area (Å²) in [6, 6.07) is 0. The summed E-state index contributed by atoms with van der Waals surface area (Å²) in [5.74, 6) is -0.670. The van der Waals surface area contributed by atoms with Crippen molar-refractivity contribution in [2.24, 2.45) is 0 Å². The summed E-state index contributed by atoms with van der Waals surface area (Å²) >= 11 is 0. The van der Waals surface area contributed by atoms with Crippen LogP contribution in [0, 0.1) is 0 Å². The maximum atomic E-state index is 10.0. The van der Waals surface area contributed by atoms with Crippen molar-refractivity contribution >= 4 is 5.97 Å². The second-order valence-electron chi connectivity index (χ2n) is 6.84. The summed E-state index contributed by atoms with van der Waals surface area (Å²) in [6.07, 6.45) is 17.3. The van der Waals surface area contributed by atoms with E-state index in [9.17, 15) is 4.79 Å². The fraction of sp³-hybridized carbons (Fsp3) is 0.950. The standard InChI is InChI=1S/C12H27N.C8H16O2/c1-4-5-6-7-8-9-10-11-12-13(2)3;1-2-3-4-5-6-7-8(9)10/h4-12H2,1-3H3;2-7H2,1H3,(H,9,10). The minimum Gasteiger partial charge on any atom is -0.481 e. The number of hydrogen-bond donors (Lipinski definition) is 1. The van der Waals surface area contributed by atoms with Crippen LogP contribution in [-0.4, -0.2) is 36.6 Å². The number of carbonyl (C=O) groups is 1. The summed E-state index contributed by atoms with van der Waals surface area (Å²) in [4.78, 5) is 12.3. The van der Waals surface area contributed by atoms with Crippen LogP contribution in [-0.2, 0) is 4.79 Å². The van der Waals surface area contributed by atoms with Crippen LogP contribution in [0.1, 0.15) is 104 Å². The second-order valence-corrected chi connectivity index (χ2v) is 6.84. The van der Waals surface area contributed by atoms with E-state index in [1.165, 1.54) is 77.2 Å². The molecule has 0 unspecified atom stereocenters. The van der Waals surface area contributed by atoms with E-state index in [2.05, 4.69) is 32.8 Å². The normalized spacial score (nSPS) is 10.5. The molecule has 0 heterocycles. The Labute approximate surface area is 145 Å². The number of unbranched alkanes of at least 4 members (excludes halogenated alkanes) is 11. The van der Waals surface area contributed by atoms with Crippen molar-refractivity contribution in [2.75, 3.05) is 20.6 Å². The van der Waals surface area contributed by atoms with Gasteiger partial charge in [-0.3, -0.25) is 4.79 Å². The van der Waals surface area contributed by atoms with Gasteiger partial charge in [-0.15, -0.1) is 0 Å². The van der Waals surface area contributed by atoms with E-state index in [1.807, 2.05) is 0 Å². The molecule has 0 aliphatic rings. The van der Waals surface area contributed by atoms with Crippen LogP contribution in [0.4, 0.5) is 0 Å². The highest BCUT2D eigenvalue weighted by Gasteiger charge is 1.95. The van der Waals surface area contributed by atoms with Gasteiger partial charge in [-0.25, -0.2) is 0 Å². The molecule has 0 bridgehead atoms. The molecule has 0 aromatic carbocycles. The van der Waals surface area contributed by atoms with Crippen molar-refractivity contribution in [1.29, 1.82) is 0 Å². The Bertz CT molecular complexity index is 230. The van der Waals surface area contributed by atoms with Crippen molar-refractivity contribution < 1.29 is 9.90 Å². The van der Waals surface area contributed by atoms with E-state index in [-0.39, 0.29) is 0 Å². The highest BCUT2D eigenvalue weighted by Crippen LogP contribution is 2.08. The molecule has 23 heavy (non-hydrogen) atoms. The summed E-state index contributed by atoms with van der Waals surface area (Å²) < 4.78 is 0. The van der Waals surface area contributed by atoms with Gasteiger partial charge in [0.15, 0.2) is 0 Å². The first-order chi connectivity index (χ1) is 11.0. The van der Waals surface area contributed by atoms with E-state index in [0.717, 1.165) is 12.8 Å². The molecule has 1 N–H and O–H groups in total. The Morgan fingerprint density at radius 3 is 1.48 bits per heavy atom. The third kappa shape index (κ3) is 30.0. The topological polar surface area (TPSA) is 40.5 Å². The first kappa shape index (κ1) is 24.7. The molecule has 0 radical (unpaired) electrons. The monoisotopic (exact) mass is 329 g/mol. The van der Waals surface area contributed by atoms with Crippen LogP contribution in [0.5, 0.6) is 0 Å². The molecular formula is C20H43NO2. The van der Waals surface area contributed by atoms with Gasteiger partial charge < -0.3 is 10.0 Å². The Morgan fingerprint density at radius 2 is 1.09 bits per heavy atom. The zero-order valence-electron chi connectivity index (χ0n) is 16.4. The molecule has 0 saturated carbocycles. The minimum atomic E-state index is -0.670. The van der Waals surface area contributed by atoms with Crippen LogP contribution in [0.2, 0.25) is 0 Å². The van der Waals surface area contributed by atoms with Gasteiger partial charge in [-0.1, -0.05) is 84.5 Å². The van der Waals surface area contributed by atoms with Crippen molar-refractivity contribution in [3.63, 3.8) is 0 Å². The maximum absolute atomic E-state index is 10.0. The van der Waals surface area contributed by atoms with Crippen LogP contribution in [0.25, 0.3) is 0 Å². The smallest absolute Gasteiger partial charge is 0.303 e. The van der Waals surface area contributed by atoms with Gasteiger partial charge in [0.05, 0.1) is 0 Å². The van der Waals surface area contributed by atoms with Gasteiger partial charge in [0, 0.05) is 6.42 Å². The highest BCUT2D eigenvalue weighted by molar-refractivity contribution is 5.66. The molecule has 0 aromatic rings. The Kier molecular flexibility index (Phi) is 23.0. The van der Waals surface area contributed by atoms with Gasteiger partial charge >= 0.3 is 5.97 Å². The number of carboxylic acid groups (broad SMARTS) is 1. The zero-order valence-corrected chi connectivity index (χ0v) is 16.4. The predicted molar refractivity (Wildman–Crippen MR) is 102 cm³/mol. The molecule has 0 aromatic heterocycles. The Morgan fingerprint density at radius 1 is 0.696 bits per heavy atom. The van der Waals surface area contributed by atoms with Gasteiger partial charge in [0.2, 0.25) is 0 Å². The van der Waals surface area contributed by atoms with E-state index < -0.39 is 5.97 Å². The van der Waals surface area contributed by atoms with Crippen molar-refractivity contribution in [3.8, 4) is 0 Å². The van der Waals surface area contributed by atoms with Crippen molar-refractivity contribution in [1.82, 2.24) is 4.90 Å². The van der Waals surface area contributed by atoms with Crippen LogP contribution in [0.15, 0.2) is 0 Å². The fourth-order valence-electron chi connectivity index (χ4n) is 2.44. The molecular weight excluding hydrogens is 286 g/mol. The van der Waals surface area contributed by atoms with E-state index in [1.54, 1.807) is 0 Å². The third-order valence-corrected chi connectivity index (χ3v) is 3.95.